The van der Waals surface area contributed by atoms with Crippen LogP contribution in [0.15, 0.2) is 0 Å². The maximum Gasteiger partial charge on any atom is 0.213 e. The molecule has 0 amide bonds. The van der Waals surface area contributed by atoms with Crippen LogP contribution < -0.4 is 0 Å². The Bertz CT molecular complexity index is 776. The van der Waals surface area contributed by atoms with Crippen LogP contribution in [0.5, 0.6) is 5.88 Å². The van der Waals surface area contributed by atoms with E-state index in [9.17, 15) is 10.2 Å². The lowest BCUT2D eigenvalue weighted by Gasteiger charge is -2.31. The van der Waals surface area contributed by atoms with Gasteiger partial charge in [0.05, 0.1) is 11.3 Å². The minimum atomic E-state index is -0.690. The summed E-state index contributed by atoms with van der Waals surface area (Å²) in [5.74, 6) is 0.916. The van der Waals surface area contributed by atoms with Crippen molar-refractivity contribution in [2.45, 2.75) is 128 Å². The van der Waals surface area contributed by atoms with Gasteiger partial charge in [-0.1, -0.05) is 51.4 Å². The molecular formula is C27H48N2O4S. The molecule has 0 spiro atoms. The third-order valence-electron chi connectivity index (χ3n) is 7.75. The van der Waals surface area contributed by atoms with Crippen molar-refractivity contribution in [2.75, 3.05) is 13.2 Å². The van der Waals surface area contributed by atoms with Crippen LogP contribution in [0.4, 0.5) is 0 Å². The zero-order valence-electron chi connectivity index (χ0n) is 21.6. The van der Waals surface area contributed by atoms with Gasteiger partial charge in [-0.2, -0.15) is 0 Å². The fourth-order valence-corrected chi connectivity index (χ4v) is 5.92. The molecule has 2 heterocycles. The third-order valence-corrected chi connectivity index (χ3v) is 8.24. The number of aliphatic hydroxyl groups is 1. The van der Waals surface area contributed by atoms with Gasteiger partial charge in [0.25, 0.3) is 0 Å². The zero-order chi connectivity index (χ0) is 24.4. The number of nitrogens with zero attached hydrogens (tertiary/aromatic N) is 2. The Kier molecular flexibility index (Phi) is 11.4. The SMILES string of the molecule is Cn1c(O)c(CCCCCCCOC2CCCCO2)n(CCC(C)(O)CC2CCCCC2)c1=S. The highest BCUT2D eigenvalue weighted by atomic mass is 32.1. The van der Waals surface area contributed by atoms with E-state index in [2.05, 4.69) is 4.57 Å². The Morgan fingerprint density at radius 2 is 1.74 bits per heavy atom. The van der Waals surface area contributed by atoms with E-state index < -0.39 is 5.60 Å². The van der Waals surface area contributed by atoms with E-state index in [-0.39, 0.29) is 12.2 Å². The van der Waals surface area contributed by atoms with E-state index in [4.69, 9.17) is 21.7 Å². The first kappa shape index (κ1) is 27.7. The summed E-state index contributed by atoms with van der Waals surface area (Å²) in [6, 6.07) is 0. The number of ether oxygens (including phenoxy) is 2. The summed E-state index contributed by atoms with van der Waals surface area (Å²) in [5, 5.41) is 21.7. The number of hydrogen-bond acceptors (Lipinski definition) is 5. The quantitative estimate of drug-likeness (QED) is 0.230. The molecule has 1 aromatic heterocycles. The number of aromatic hydroxyl groups is 1. The lowest BCUT2D eigenvalue weighted by molar-refractivity contribution is -0.162. The molecule has 1 saturated heterocycles. The molecule has 2 fully saturated rings. The van der Waals surface area contributed by atoms with Crippen molar-refractivity contribution >= 4 is 12.2 Å². The molecule has 196 valence electrons. The van der Waals surface area contributed by atoms with Crippen molar-refractivity contribution in [3.8, 4) is 5.88 Å². The second-order valence-corrected chi connectivity index (χ2v) is 11.3. The molecule has 34 heavy (non-hydrogen) atoms. The largest absolute Gasteiger partial charge is 0.493 e. The van der Waals surface area contributed by atoms with Crippen molar-refractivity contribution in [3.63, 3.8) is 0 Å². The van der Waals surface area contributed by atoms with E-state index in [1.807, 2.05) is 14.0 Å². The smallest absolute Gasteiger partial charge is 0.213 e. The number of unbranched alkanes of at least 4 members (excludes halogenated alkanes) is 4. The summed E-state index contributed by atoms with van der Waals surface area (Å²) >= 11 is 5.61. The number of imidazole rings is 1. The van der Waals surface area contributed by atoms with Gasteiger partial charge in [0.1, 0.15) is 0 Å². The van der Waals surface area contributed by atoms with Gasteiger partial charge in [0, 0.05) is 26.8 Å². The first-order chi connectivity index (χ1) is 16.4. The molecule has 2 unspecified atom stereocenters. The summed E-state index contributed by atoms with van der Waals surface area (Å²) in [6.07, 6.45) is 17.7. The van der Waals surface area contributed by atoms with Gasteiger partial charge in [-0.3, -0.25) is 4.57 Å². The molecule has 1 aromatic rings. The molecule has 7 heteroatoms. The lowest BCUT2D eigenvalue weighted by atomic mass is 9.80. The first-order valence-electron chi connectivity index (χ1n) is 13.8. The highest BCUT2D eigenvalue weighted by Gasteiger charge is 2.27. The van der Waals surface area contributed by atoms with Crippen molar-refractivity contribution in [1.29, 1.82) is 0 Å². The normalized spacial score (nSPS) is 21.6. The Morgan fingerprint density at radius 1 is 1.03 bits per heavy atom. The van der Waals surface area contributed by atoms with E-state index in [0.717, 1.165) is 70.3 Å². The van der Waals surface area contributed by atoms with Crippen molar-refractivity contribution in [2.24, 2.45) is 13.0 Å². The second kappa shape index (κ2) is 14.0. The molecule has 0 bridgehead atoms. The molecule has 0 aromatic carbocycles. The molecule has 6 nitrogen and oxygen atoms in total. The Labute approximate surface area is 211 Å². The van der Waals surface area contributed by atoms with Gasteiger partial charge in [-0.05, 0) is 76.4 Å². The summed E-state index contributed by atoms with van der Waals surface area (Å²) in [6.45, 7) is 4.24. The maximum absolute atomic E-state index is 11.1. The zero-order valence-corrected chi connectivity index (χ0v) is 22.4. The van der Waals surface area contributed by atoms with E-state index in [1.54, 1.807) is 4.57 Å². The van der Waals surface area contributed by atoms with Gasteiger partial charge < -0.3 is 24.3 Å². The fraction of sp³-hybridized carbons (Fsp3) is 0.889. The summed E-state index contributed by atoms with van der Waals surface area (Å²) < 4.78 is 15.8. The molecule has 1 saturated carbocycles. The predicted molar refractivity (Wildman–Crippen MR) is 139 cm³/mol. The van der Waals surface area contributed by atoms with Gasteiger partial charge in [0.15, 0.2) is 11.1 Å². The Hall–Kier alpha value is -0.890. The second-order valence-electron chi connectivity index (χ2n) is 10.9. The molecular weight excluding hydrogens is 448 g/mol. The topological polar surface area (TPSA) is 68.8 Å². The Balaban J connectivity index is 1.39. The van der Waals surface area contributed by atoms with Gasteiger partial charge in [-0.25, -0.2) is 0 Å². The summed E-state index contributed by atoms with van der Waals surface area (Å²) in [4.78, 5) is 0. The van der Waals surface area contributed by atoms with Gasteiger partial charge >= 0.3 is 0 Å². The predicted octanol–water partition coefficient (Wildman–Crippen LogP) is 6.41. The monoisotopic (exact) mass is 496 g/mol. The lowest BCUT2D eigenvalue weighted by Crippen LogP contribution is -2.30. The van der Waals surface area contributed by atoms with Crippen molar-refractivity contribution in [3.05, 3.63) is 10.5 Å². The van der Waals surface area contributed by atoms with Crippen LogP contribution in [0, 0.1) is 10.7 Å². The van der Waals surface area contributed by atoms with E-state index in [0.29, 0.717) is 23.7 Å². The first-order valence-corrected chi connectivity index (χ1v) is 14.2. The van der Waals surface area contributed by atoms with Crippen LogP contribution in [0.25, 0.3) is 0 Å². The van der Waals surface area contributed by atoms with Crippen LogP contribution >= 0.6 is 12.2 Å². The van der Waals surface area contributed by atoms with Gasteiger partial charge in [0.2, 0.25) is 5.88 Å². The van der Waals surface area contributed by atoms with Gasteiger partial charge in [-0.15, -0.1) is 0 Å². The molecule has 2 aliphatic rings. The number of aromatic nitrogens is 2. The van der Waals surface area contributed by atoms with Crippen LogP contribution in [0.1, 0.15) is 109 Å². The van der Waals surface area contributed by atoms with Crippen LogP contribution in [-0.4, -0.2) is 44.5 Å². The molecule has 0 radical (unpaired) electrons. The fourth-order valence-electron chi connectivity index (χ4n) is 5.63. The highest BCUT2D eigenvalue weighted by Crippen LogP contribution is 2.33. The molecule has 3 rings (SSSR count). The Morgan fingerprint density at radius 3 is 2.47 bits per heavy atom. The average molecular weight is 497 g/mol. The third kappa shape index (κ3) is 8.65. The van der Waals surface area contributed by atoms with E-state index >= 15 is 0 Å². The maximum atomic E-state index is 11.1. The van der Waals surface area contributed by atoms with E-state index in [1.165, 1.54) is 44.9 Å². The minimum absolute atomic E-state index is 0.0151. The molecule has 2 N–H and O–H groups in total. The standard InChI is InChI=1S/C27H48N2O4S/c1-27(31,21-22-13-7-6-8-14-22)17-18-29-23(25(30)28(2)26(29)34)15-9-4-3-5-11-19-32-24-16-10-12-20-33-24/h22,24,30-31H,3-21H2,1-2H3. The summed E-state index contributed by atoms with van der Waals surface area (Å²) in [7, 11) is 1.83. The van der Waals surface area contributed by atoms with Crippen molar-refractivity contribution < 1.29 is 19.7 Å². The average Bonchev–Trinajstić information content (AvgIpc) is 3.03. The molecule has 2 atom stereocenters. The van der Waals surface area contributed by atoms with Crippen molar-refractivity contribution in [1.82, 2.24) is 9.13 Å². The highest BCUT2D eigenvalue weighted by molar-refractivity contribution is 7.71. The van der Waals surface area contributed by atoms with Crippen LogP contribution in [-0.2, 0) is 29.5 Å². The molecule has 1 aliphatic carbocycles. The van der Waals surface area contributed by atoms with Crippen LogP contribution in [0.2, 0.25) is 0 Å². The molecule has 1 aliphatic heterocycles. The minimum Gasteiger partial charge on any atom is -0.493 e. The number of rotatable bonds is 14. The number of hydrogen-bond donors (Lipinski definition) is 2. The summed E-state index contributed by atoms with van der Waals surface area (Å²) in [5.41, 5.74) is 0.225. The van der Waals surface area contributed by atoms with Crippen LogP contribution in [0.3, 0.4) is 0 Å².